The summed E-state index contributed by atoms with van der Waals surface area (Å²) in [5.74, 6) is -0.0438. The first-order valence-corrected chi connectivity index (χ1v) is 20.5. The summed E-state index contributed by atoms with van der Waals surface area (Å²) < 4.78 is 40.6. The Morgan fingerprint density at radius 2 is 1.53 bits per heavy atom. The first-order chi connectivity index (χ1) is 27.5. The van der Waals surface area contributed by atoms with Crippen molar-refractivity contribution in [1.29, 1.82) is 0 Å². The number of rotatable bonds is 7. The number of hydrogen-bond donors (Lipinski definition) is 0. The number of carbonyl (C=O) groups is 2. The van der Waals surface area contributed by atoms with Crippen molar-refractivity contribution in [1.82, 2.24) is 19.7 Å². The highest BCUT2D eigenvalue weighted by molar-refractivity contribution is 7.09. The standard InChI is InChI=1S/C46H42F3N5O2S/c1-28-24-42(46(47,48)49)51-54(28)26-43(56)52-22-20-32(21-23-52)45-50-33(27-57-45)25-53(29(2)55)44-35-11-6-4-9-31(35)15-17-41(44)37-13-7-12-36-39-16-14-30-8-3-5-10-34(30)38(39)18-19-40(36)37/h3-6,8-11,14-19,24,27,32,37H,7,12-13,20-23,25-26H2,1-2H3/t37-/m1/s1. The van der Waals surface area contributed by atoms with Gasteiger partial charge in [0.05, 0.1) is 22.9 Å². The lowest BCUT2D eigenvalue weighted by molar-refractivity contribution is -0.142. The van der Waals surface area contributed by atoms with Gasteiger partial charge in [-0.1, -0.05) is 84.9 Å². The van der Waals surface area contributed by atoms with E-state index in [0.717, 1.165) is 62.7 Å². The molecule has 11 heteroatoms. The number of aryl methyl sites for hydroxylation is 2. The number of nitrogens with zero attached hydrogens (tertiary/aromatic N) is 5. The minimum Gasteiger partial charge on any atom is -0.341 e. The number of piperidine rings is 1. The fraction of sp³-hybridized carbons (Fsp3) is 0.304. The van der Waals surface area contributed by atoms with E-state index in [2.05, 4.69) is 77.9 Å². The Morgan fingerprint density at radius 1 is 0.842 bits per heavy atom. The maximum Gasteiger partial charge on any atom is 0.435 e. The van der Waals surface area contributed by atoms with E-state index >= 15 is 0 Å². The minimum atomic E-state index is -4.56. The highest BCUT2D eigenvalue weighted by Crippen LogP contribution is 2.46. The lowest BCUT2D eigenvalue weighted by atomic mass is 9.76. The van der Waals surface area contributed by atoms with Crippen LogP contribution in [0.5, 0.6) is 0 Å². The van der Waals surface area contributed by atoms with Gasteiger partial charge in [0.15, 0.2) is 5.69 Å². The Hall–Kier alpha value is -5.55. The molecule has 290 valence electrons. The summed E-state index contributed by atoms with van der Waals surface area (Å²) in [5.41, 5.74) is 4.93. The third-order valence-corrected chi connectivity index (χ3v) is 13.0. The summed E-state index contributed by atoms with van der Waals surface area (Å²) in [7, 11) is 0. The van der Waals surface area contributed by atoms with E-state index in [-0.39, 0.29) is 30.2 Å². The van der Waals surface area contributed by atoms with Crippen molar-refractivity contribution in [2.24, 2.45) is 0 Å². The number of alkyl halides is 3. The van der Waals surface area contributed by atoms with Crippen LogP contribution >= 0.6 is 11.3 Å². The molecule has 9 rings (SSSR count). The van der Waals surface area contributed by atoms with Gasteiger partial charge in [-0.15, -0.1) is 11.3 Å². The van der Waals surface area contributed by atoms with E-state index in [0.29, 0.717) is 38.2 Å². The number of halogens is 3. The monoisotopic (exact) mass is 785 g/mol. The average molecular weight is 786 g/mol. The van der Waals surface area contributed by atoms with Crippen LogP contribution in [0, 0.1) is 6.92 Å². The number of carbonyl (C=O) groups excluding carboxylic acids is 2. The number of hydrogen-bond acceptors (Lipinski definition) is 5. The van der Waals surface area contributed by atoms with E-state index in [1.807, 2.05) is 22.4 Å². The van der Waals surface area contributed by atoms with Crippen molar-refractivity contribution in [3.05, 3.63) is 135 Å². The van der Waals surface area contributed by atoms with Gasteiger partial charge in [-0.05, 0) is 88.7 Å². The highest BCUT2D eigenvalue weighted by atomic mass is 32.1. The fourth-order valence-corrected chi connectivity index (χ4v) is 10.1. The molecule has 0 spiro atoms. The molecule has 0 unspecified atom stereocenters. The zero-order chi connectivity index (χ0) is 39.4. The lowest BCUT2D eigenvalue weighted by Crippen LogP contribution is -2.40. The maximum absolute atomic E-state index is 13.8. The number of fused-ring (bicyclic) bond motifs is 6. The normalized spacial score (nSPS) is 16.4. The quantitative estimate of drug-likeness (QED) is 0.151. The van der Waals surface area contributed by atoms with Crippen LogP contribution < -0.4 is 4.90 Å². The van der Waals surface area contributed by atoms with Gasteiger partial charge in [-0.2, -0.15) is 18.3 Å². The lowest BCUT2D eigenvalue weighted by Gasteiger charge is -2.32. The molecule has 2 aliphatic rings. The van der Waals surface area contributed by atoms with Crippen LogP contribution in [-0.2, 0) is 35.3 Å². The third kappa shape index (κ3) is 6.96. The summed E-state index contributed by atoms with van der Waals surface area (Å²) in [4.78, 5) is 35.6. The first-order valence-electron chi connectivity index (χ1n) is 19.6. The third-order valence-electron chi connectivity index (χ3n) is 12.0. The van der Waals surface area contributed by atoms with Crippen molar-refractivity contribution >= 4 is 61.2 Å². The Bertz CT molecular complexity index is 2670. The van der Waals surface area contributed by atoms with Crippen LogP contribution in [0.4, 0.5) is 18.9 Å². The summed E-state index contributed by atoms with van der Waals surface area (Å²) >= 11 is 1.58. The van der Waals surface area contributed by atoms with Crippen LogP contribution in [0.25, 0.3) is 32.3 Å². The highest BCUT2D eigenvalue weighted by Gasteiger charge is 2.35. The molecule has 1 atom stereocenters. The molecule has 0 saturated carbocycles. The topological polar surface area (TPSA) is 71.3 Å². The fourth-order valence-electron chi connectivity index (χ4n) is 9.09. The number of amides is 2. The van der Waals surface area contributed by atoms with Gasteiger partial charge in [0.25, 0.3) is 0 Å². The summed E-state index contributed by atoms with van der Waals surface area (Å²) in [5, 5.41) is 13.8. The molecule has 0 radical (unpaired) electrons. The molecule has 0 N–H and O–H groups in total. The molecule has 7 nitrogen and oxygen atoms in total. The predicted molar refractivity (Wildman–Crippen MR) is 220 cm³/mol. The van der Waals surface area contributed by atoms with Crippen molar-refractivity contribution in [2.75, 3.05) is 18.0 Å². The van der Waals surface area contributed by atoms with Crippen LogP contribution in [0.1, 0.15) is 83.2 Å². The molecule has 57 heavy (non-hydrogen) atoms. The first kappa shape index (κ1) is 37.1. The second-order valence-corrected chi connectivity index (χ2v) is 16.3. The second-order valence-electron chi connectivity index (χ2n) is 15.4. The van der Waals surface area contributed by atoms with E-state index < -0.39 is 11.9 Å². The van der Waals surface area contributed by atoms with Crippen molar-refractivity contribution in [3.63, 3.8) is 0 Å². The molecule has 1 aliphatic carbocycles. The van der Waals surface area contributed by atoms with Gasteiger partial charge in [-0.3, -0.25) is 14.3 Å². The summed E-state index contributed by atoms with van der Waals surface area (Å²) in [6, 6.07) is 31.3. The van der Waals surface area contributed by atoms with Gasteiger partial charge < -0.3 is 9.80 Å². The maximum atomic E-state index is 13.8. The molecule has 5 aromatic carbocycles. The number of likely N-dealkylation sites (tertiary alicyclic amines) is 1. The van der Waals surface area contributed by atoms with Crippen LogP contribution in [0.15, 0.2) is 96.4 Å². The van der Waals surface area contributed by atoms with Gasteiger partial charge in [0.1, 0.15) is 6.54 Å². The smallest absolute Gasteiger partial charge is 0.341 e. The molecule has 2 amide bonds. The Morgan fingerprint density at radius 3 is 2.26 bits per heavy atom. The average Bonchev–Trinajstić information content (AvgIpc) is 3.85. The Balaban J connectivity index is 0.974. The zero-order valence-corrected chi connectivity index (χ0v) is 32.7. The van der Waals surface area contributed by atoms with E-state index in [1.165, 1.54) is 39.6 Å². The SMILES string of the molecule is CC(=O)N(Cc1csc(C2CCN(C(=O)Cn3nc(C(F)(F)F)cc3C)CC2)n1)c1c([C@@H]2CCCc3c2ccc2c3ccc3ccccc32)ccc2ccccc12. The molecule has 1 fully saturated rings. The van der Waals surface area contributed by atoms with Gasteiger partial charge in [0, 0.05) is 48.3 Å². The summed E-state index contributed by atoms with van der Waals surface area (Å²) in [6.45, 7) is 4.22. The predicted octanol–water partition coefficient (Wildman–Crippen LogP) is 10.6. The van der Waals surface area contributed by atoms with E-state index in [1.54, 1.807) is 23.2 Å². The minimum absolute atomic E-state index is 0.0511. The number of aromatic nitrogens is 3. The number of benzene rings is 5. The molecule has 7 aromatic rings. The van der Waals surface area contributed by atoms with Crippen LogP contribution in [0.2, 0.25) is 0 Å². The zero-order valence-electron chi connectivity index (χ0n) is 31.9. The van der Waals surface area contributed by atoms with E-state index in [9.17, 15) is 22.8 Å². The van der Waals surface area contributed by atoms with Crippen molar-refractivity contribution in [2.45, 2.75) is 77.1 Å². The molecular weight excluding hydrogens is 744 g/mol. The van der Waals surface area contributed by atoms with E-state index in [4.69, 9.17) is 4.98 Å². The number of thiazole rings is 1. The van der Waals surface area contributed by atoms with Crippen molar-refractivity contribution in [3.8, 4) is 0 Å². The van der Waals surface area contributed by atoms with Crippen LogP contribution in [0.3, 0.4) is 0 Å². The Kier molecular flexibility index (Phi) is 9.59. The van der Waals surface area contributed by atoms with Crippen molar-refractivity contribution < 1.29 is 22.8 Å². The summed E-state index contributed by atoms with van der Waals surface area (Å²) in [6.07, 6.45) is -0.113. The largest absolute Gasteiger partial charge is 0.435 e. The second kappa shape index (κ2) is 14.8. The molecule has 1 saturated heterocycles. The van der Waals surface area contributed by atoms with Gasteiger partial charge >= 0.3 is 6.18 Å². The van der Waals surface area contributed by atoms with Gasteiger partial charge in [0.2, 0.25) is 11.8 Å². The Labute approximate surface area is 332 Å². The molecule has 2 aromatic heterocycles. The molecule has 0 bridgehead atoms. The number of anilines is 1. The molecule has 1 aliphatic heterocycles. The van der Waals surface area contributed by atoms with Crippen LogP contribution in [-0.4, -0.2) is 44.6 Å². The molecule has 3 heterocycles. The van der Waals surface area contributed by atoms with Gasteiger partial charge in [-0.25, -0.2) is 4.98 Å². The molecular formula is C46H42F3N5O2S.